The monoisotopic (exact) mass is 243 g/mol. The first kappa shape index (κ1) is 10.7. The first-order chi connectivity index (χ1) is 6.09. The van der Waals surface area contributed by atoms with E-state index in [0.29, 0.717) is 6.42 Å². The van der Waals surface area contributed by atoms with Crippen LogP contribution in [-0.2, 0) is 0 Å². The second kappa shape index (κ2) is 4.74. The molecule has 0 bridgehead atoms. The number of nitrogens with two attached hydrogens (primary N) is 1. The zero-order valence-corrected chi connectivity index (χ0v) is 9.16. The van der Waals surface area contributed by atoms with Gasteiger partial charge in [0, 0.05) is 10.5 Å². The van der Waals surface area contributed by atoms with Crippen molar-refractivity contribution in [3.8, 4) is 0 Å². The topological polar surface area (TPSA) is 46.2 Å². The molecular weight excluding hydrogens is 230 g/mol. The number of aliphatic hydroxyl groups is 1. The summed E-state index contributed by atoms with van der Waals surface area (Å²) in [6, 6.07) is 7.67. The van der Waals surface area contributed by atoms with E-state index in [-0.39, 0.29) is 6.04 Å². The number of aliphatic hydroxyl groups excluding tert-OH is 1. The fraction of sp³-hybridized carbons (Fsp3) is 0.400. The van der Waals surface area contributed by atoms with Crippen molar-refractivity contribution < 1.29 is 5.11 Å². The maximum atomic E-state index is 9.71. The van der Waals surface area contributed by atoms with E-state index in [1.807, 2.05) is 31.2 Å². The average Bonchev–Trinajstić information content (AvgIpc) is 2.03. The molecule has 0 heterocycles. The summed E-state index contributed by atoms with van der Waals surface area (Å²) in [5.41, 5.74) is 6.51. The lowest BCUT2D eigenvalue weighted by molar-refractivity contribution is 0.160. The van der Waals surface area contributed by atoms with Crippen molar-refractivity contribution in [3.63, 3.8) is 0 Å². The van der Waals surface area contributed by atoms with E-state index in [1.165, 1.54) is 0 Å². The van der Waals surface area contributed by atoms with Gasteiger partial charge in [-0.15, -0.1) is 0 Å². The van der Waals surface area contributed by atoms with Crippen LogP contribution in [0.25, 0.3) is 0 Å². The van der Waals surface area contributed by atoms with Crippen molar-refractivity contribution >= 4 is 15.9 Å². The molecule has 3 N–H and O–H groups in total. The highest BCUT2D eigenvalue weighted by Crippen LogP contribution is 2.21. The molecule has 0 aliphatic heterocycles. The molecule has 72 valence electrons. The van der Waals surface area contributed by atoms with Gasteiger partial charge in [0.25, 0.3) is 0 Å². The highest BCUT2D eigenvalue weighted by molar-refractivity contribution is 9.10. The molecule has 2 nitrogen and oxygen atoms in total. The van der Waals surface area contributed by atoms with E-state index < -0.39 is 6.10 Å². The minimum atomic E-state index is -0.461. The van der Waals surface area contributed by atoms with Crippen LogP contribution in [0.5, 0.6) is 0 Å². The maximum absolute atomic E-state index is 9.71. The van der Waals surface area contributed by atoms with Gasteiger partial charge in [-0.25, -0.2) is 0 Å². The average molecular weight is 244 g/mol. The van der Waals surface area contributed by atoms with Crippen molar-refractivity contribution in [1.82, 2.24) is 0 Å². The Bertz CT molecular complexity index is 275. The maximum Gasteiger partial charge on any atom is 0.0805 e. The second-order valence-electron chi connectivity index (χ2n) is 3.28. The summed E-state index contributed by atoms with van der Waals surface area (Å²) in [5, 5.41) is 9.71. The fourth-order valence-corrected chi connectivity index (χ4v) is 1.62. The van der Waals surface area contributed by atoms with Crippen LogP contribution < -0.4 is 5.73 Å². The van der Waals surface area contributed by atoms with Crippen LogP contribution in [0.3, 0.4) is 0 Å². The van der Waals surface area contributed by atoms with Gasteiger partial charge >= 0.3 is 0 Å². The molecule has 3 heteroatoms. The molecule has 0 fully saturated rings. The Morgan fingerprint density at radius 3 is 2.77 bits per heavy atom. The normalized spacial score (nSPS) is 15.4. The molecule has 0 spiro atoms. The first-order valence-corrected chi connectivity index (χ1v) is 5.08. The van der Waals surface area contributed by atoms with Crippen molar-refractivity contribution in [2.45, 2.75) is 25.5 Å². The molecule has 0 aromatic heterocycles. The summed E-state index contributed by atoms with van der Waals surface area (Å²) < 4.78 is 0.980. The summed E-state index contributed by atoms with van der Waals surface area (Å²) in [6.07, 6.45) is 0.133. The van der Waals surface area contributed by atoms with Gasteiger partial charge in [-0.1, -0.05) is 28.1 Å². The Morgan fingerprint density at radius 2 is 2.23 bits per heavy atom. The zero-order valence-electron chi connectivity index (χ0n) is 7.57. The molecular formula is C10H14BrNO. The van der Waals surface area contributed by atoms with Crippen LogP contribution in [0.15, 0.2) is 28.7 Å². The fourth-order valence-electron chi connectivity index (χ4n) is 1.20. The van der Waals surface area contributed by atoms with Crippen LogP contribution >= 0.6 is 15.9 Å². The summed E-state index contributed by atoms with van der Waals surface area (Å²) >= 11 is 3.35. The number of benzene rings is 1. The van der Waals surface area contributed by atoms with Gasteiger partial charge in [0.05, 0.1) is 6.10 Å². The number of rotatable bonds is 3. The molecule has 0 amide bonds. The third kappa shape index (κ3) is 3.46. The van der Waals surface area contributed by atoms with Crippen LogP contribution in [0.1, 0.15) is 25.0 Å². The Kier molecular flexibility index (Phi) is 3.90. The van der Waals surface area contributed by atoms with Gasteiger partial charge in [-0.05, 0) is 31.0 Å². The molecule has 1 rings (SSSR count). The van der Waals surface area contributed by atoms with E-state index in [9.17, 15) is 5.11 Å². The van der Waals surface area contributed by atoms with E-state index in [0.717, 1.165) is 10.0 Å². The predicted molar refractivity (Wildman–Crippen MR) is 57.4 cm³/mol. The Morgan fingerprint density at radius 1 is 1.54 bits per heavy atom. The van der Waals surface area contributed by atoms with Crippen LogP contribution in [-0.4, -0.2) is 11.1 Å². The van der Waals surface area contributed by atoms with Gasteiger partial charge < -0.3 is 10.8 Å². The predicted octanol–water partition coefficient (Wildman–Crippen LogP) is 2.22. The summed E-state index contributed by atoms with van der Waals surface area (Å²) in [5.74, 6) is 0. The summed E-state index contributed by atoms with van der Waals surface area (Å²) in [4.78, 5) is 0. The van der Waals surface area contributed by atoms with E-state index in [4.69, 9.17) is 5.73 Å². The highest BCUT2D eigenvalue weighted by atomic mass is 79.9. The largest absolute Gasteiger partial charge is 0.388 e. The van der Waals surface area contributed by atoms with E-state index in [1.54, 1.807) is 0 Å². The Labute approximate surface area is 86.9 Å². The van der Waals surface area contributed by atoms with Gasteiger partial charge in [-0.2, -0.15) is 0 Å². The second-order valence-corrected chi connectivity index (χ2v) is 4.20. The lowest BCUT2D eigenvalue weighted by Gasteiger charge is -2.13. The number of hydrogen-bond donors (Lipinski definition) is 2. The van der Waals surface area contributed by atoms with Crippen molar-refractivity contribution in [2.24, 2.45) is 5.73 Å². The molecule has 13 heavy (non-hydrogen) atoms. The molecule has 2 atom stereocenters. The summed E-state index contributed by atoms with van der Waals surface area (Å²) in [6.45, 7) is 1.89. The molecule has 2 unspecified atom stereocenters. The minimum Gasteiger partial charge on any atom is -0.388 e. The third-order valence-corrected chi connectivity index (χ3v) is 2.32. The lowest BCUT2D eigenvalue weighted by Crippen LogP contribution is -2.18. The van der Waals surface area contributed by atoms with Gasteiger partial charge in [0.2, 0.25) is 0 Å². The van der Waals surface area contributed by atoms with Crippen molar-refractivity contribution in [1.29, 1.82) is 0 Å². The lowest BCUT2D eigenvalue weighted by atomic mass is 10.0. The molecule has 0 saturated carbocycles. The Hall–Kier alpha value is -0.380. The van der Waals surface area contributed by atoms with Gasteiger partial charge in [0.15, 0.2) is 0 Å². The van der Waals surface area contributed by atoms with Crippen LogP contribution in [0.2, 0.25) is 0 Å². The molecule has 0 radical (unpaired) electrons. The molecule has 0 saturated heterocycles. The van der Waals surface area contributed by atoms with E-state index >= 15 is 0 Å². The third-order valence-electron chi connectivity index (χ3n) is 1.83. The SMILES string of the molecule is CC(N)CC(O)c1cccc(Br)c1. The summed E-state index contributed by atoms with van der Waals surface area (Å²) in [7, 11) is 0. The quantitative estimate of drug-likeness (QED) is 0.856. The number of hydrogen-bond acceptors (Lipinski definition) is 2. The van der Waals surface area contributed by atoms with Gasteiger partial charge in [0.1, 0.15) is 0 Å². The molecule has 1 aromatic rings. The Balaban J connectivity index is 2.71. The van der Waals surface area contributed by atoms with Crippen LogP contribution in [0.4, 0.5) is 0 Å². The number of halogens is 1. The van der Waals surface area contributed by atoms with Crippen molar-refractivity contribution in [3.05, 3.63) is 34.3 Å². The molecule has 0 aliphatic carbocycles. The van der Waals surface area contributed by atoms with Gasteiger partial charge in [-0.3, -0.25) is 0 Å². The van der Waals surface area contributed by atoms with Crippen molar-refractivity contribution in [2.75, 3.05) is 0 Å². The molecule has 0 aliphatic rings. The molecule has 1 aromatic carbocycles. The first-order valence-electron chi connectivity index (χ1n) is 4.28. The highest BCUT2D eigenvalue weighted by Gasteiger charge is 2.09. The van der Waals surface area contributed by atoms with Crippen LogP contribution in [0, 0.1) is 0 Å². The standard InChI is InChI=1S/C10H14BrNO/c1-7(12)5-10(13)8-3-2-4-9(11)6-8/h2-4,6-7,10,13H,5,12H2,1H3. The smallest absolute Gasteiger partial charge is 0.0805 e. The minimum absolute atomic E-state index is 0.0222. The zero-order chi connectivity index (χ0) is 9.84. The van der Waals surface area contributed by atoms with E-state index in [2.05, 4.69) is 15.9 Å².